The Kier molecular flexibility index (Phi) is 6.75. The SMILES string of the molecule is CC[C@H](C)c1ccc(NC(=O)COC(=O)/C=C/c2cccs2)cc1. The fourth-order valence-corrected chi connectivity index (χ4v) is 2.67. The Bertz CT molecular complexity index is 690. The molecule has 1 aromatic heterocycles. The Hall–Kier alpha value is -2.40. The summed E-state index contributed by atoms with van der Waals surface area (Å²) >= 11 is 1.52. The predicted octanol–water partition coefficient (Wildman–Crippen LogP) is 4.46. The summed E-state index contributed by atoms with van der Waals surface area (Å²) < 4.78 is 4.92. The highest BCUT2D eigenvalue weighted by Gasteiger charge is 2.07. The van der Waals surface area contributed by atoms with Crippen molar-refractivity contribution in [2.75, 3.05) is 11.9 Å². The smallest absolute Gasteiger partial charge is 0.331 e. The Balaban J connectivity index is 1.77. The first-order valence-corrected chi connectivity index (χ1v) is 8.74. The third-order valence-corrected chi connectivity index (χ3v) is 4.49. The molecule has 1 N–H and O–H groups in total. The van der Waals surface area contributed by atoms with Crippen LogP contribution in [0.3, 0.4) is 0 Å². The minimum atomic E-state index is -0.536. The van der Waals surface area contributed by atoms with E-state index < -0.39 is 5.97 Å². The molecule has 2 rings (SSSR count). The quantitative estimate of drug-likeness (QED) is 0.596. The molecular weight excluding hydrogens is 322 g/mol. The van der Waals surface area contributed by atoms with Crippen molar-refractivity contribution in [3.05, 3.63) is 58.3 Å². The van der Waals surface area contributed by atoms with Gasteiger partial charge in [0.25, 0.3) is 5.91 Å². The fraction of sp³-hybridized carbons (Fsp3) is 0.263. The minimum absolute atomic E-state index is 0.305. The molecule has 2 aromatic rings. The average Bonchev–Trinajstić information content (AvgIpc) is 3.11. The lowest BCUT2D eigenvalue weighted by Crippen LogP contribution is -2.20. The number of anilines is 1. The third-order valence-electron chi connectivity index (χ3n) is 3.65. The van der Waals surface area contributed by atoms with Crippen LogP contribution in [0, 0.1) is 0 Å². The predicted molar refractivity (Wildman–Crippen MR) is 98.1 cm³/mol. The number of carbonyl (C=O) groups excluding carboxylic acids is 2. The topological polar surface area (TPSA) is 55.4 Å². The van der Waals surface area contributed by atoms with Gasteiger partial charge in [0, 0.05) is 16.6 Å². The van der Waals surface area contributed by atoms with E-state index in [-0.39, 0.29) is 12.5 Å². The Morgan fingerprint density at radius 1 is 1.25 bits per heavy atom. The van der Waals surface area contributed by atoms with Crippen molar-refractivity contribution in [1.29, 1.82) is 0 Å². The van der Waals surface area contributed by atoms with E-state index in [1.54, 1.807) is 6.08 Å². The molecule has 0 bridgehead atoms. The maximum Gasteiger partial charge on any atom is 0.331 e. The molecule has 0 aliphatic carbocycles. The molecule has 0 aliphatic rings. The number of carbonyl (C=O) groups is 2. The summed E-state index contributed by atoms with van der Waals surface area (Å²) in [5, 5.41) is 4.63. The molecule has 0 radical (unpaired) electrons. The molecule has 1 heterocycles. The van der Waals surface area contributed by atoms with Gasteiger partial charge >= 0.3 is 5.97 Å². The second-order valence-electron chi connectivity index (χ2n) is 5.44. The van der Waals surface area contributed by atoms with Crippen LogP contribution in [-0.4, -0.2) is 18.5 Å². The van der Waals surface area contributed by atoms with Crippen LogP contribution in [0.5, 0.6) is 0 Å². The Morgan fingerprint density at radius 3 is 2.62 bits per heavy atom. The standard InChI is InChI=1S/C19H21NO3S/c1-3-14(2)15-6-8-16(9-7-15)20-18(21)13-23-19(22)11-10-17-5-4-12-24-17/h4-12,14H,3,13H2,1-2H3,(H,20,21)/b11-10+/t14-/m0/s1. The van der Waals surface area contributed by atoms with Gasteiger partial charge in [0.15, 0.2) is 6.61 Å². The van der Waals surface area contributed by atoms with Crippen molar-refractivity contribution in [3.8, 4) is 0 Å². The molecular formula is C19H21NO3S. The van der Waals surface area contributed by atoms with E-state index in [0.717, 1.165) is 11.3 Å². The van der Waals surface area contributed by atoms with Crippen LogP contribution in [0.1, 0.15) is 36.6 Å². The highest BCUT2D eigenvalue weighted by atomic mass is 32.1. The lowest BCUT2D eigenvalue weighted by molar-refractivity contribution is -0.142. The number of esters is 1. The highest BCUT2D eigenvalue weighted by Crippen LogP contribution is 2.20. The highest BCUT2D eigenvalue weighted by molar-refractivity contribution is 7.10. The van der Waals surface area contributed by atoms with Gasteiger partial charge in [0.2, 0.25) is 0 Å². The first kappa shape index (κ1) is 17.9. The molecule has 1 atom stereocenters. The number of nitrogens with one attached hydrogen (secondary N) is 1. The van der Waals surface area contributed by atoms with Crippen molar-refractivity contribution in [3.63, 3.8) is 0 Å². The van der Waals surface area contributed by atoms with Gasteiger partial charge < -0.3 is 10.1 Å². The van der Waals surface area contributed by atoms with Crippen molar-refractivity contribution in [1.82, 2.24) is 0 Å². The van der Waals surface area contributed by atoms with Gasteiger partial charge in [-0.3, -0.25) is 4.79 Å². The second kappa shape index (κ2) is 9.03. The molecule has 1 aromatic carbocycles. The number of hydrogen-bond donors (Lipinski definition) is 1. The molecule has 24 heavy (non-hydrogen) atoms. The van der Waals surface area contributed by atoms with E-state index in [2.05, 4.69) is 19.2 Å². The van der Waals surface area contributed by atoms with E-state index in [9.17, 15) is 9.59 Å². The van der Waals surface area contributed by atoms with Gasteiger partial charge in [-0.25, -0.2) is 4.79 Å². The summed E-state index contributed by atoms with van der Waals surface area (Å²) in [6.07, 6.45) is 4.05. The number of rotatable bonds is 7. The maximum absolute atomic E-state index is 11.8. The minimum Gasteiger partial charge on any atom is -0.452 e. The van der Waals surface area contributed by atoms with Gasteiger partial charge in [-0.15, -0.1) is 11.3 Å². The van der Waals surface area contributed by atoms with Gasteiger partial charge in [0.1, 0.15) is 0 Å². The van der Waals surface area contributed by atoms with Gasteiger partial charge in [0.05, 0.1) is 0 Å². The normalized spacial score (nSPS) is 12.1. The zero-order valence-corrected chi connectivity index (χ0v) is 14.6. The molecule has 5 heteroatoms. The second-order valence-corrected chi connectivity index (χ2v) is 6.42. The summed E-state index contributed by atoms with van der Waals surface area (Å²) in [4.78, 5) is 24.3. The van der Waals surface area contributed by atoms with Crippen molar-refractivity contribution in [2.24, 2.45) is 0 Å². The van der Waals surface area contributed by atoms with Crippen LogP contribution in [0.4, 0.5) is 5.69 Å². The summed E-state index contributed by atoms with van der Waals surface area (Å²) in [5.41, 5.74) is 1.93. The lowest BCUT2D eigenvalue weighted by Gasteiger charge is -2.10. The Morgan fingerprint density at radius 2 is 2.00 bits per heavy atom. The monoisotopic (exact) mass is 343 g/mol. The molecule has 0 saturated heterocycles. The van der Waals surface area contributed by atoms with Gasteiger partial charge in [-0.05, 0) is 47.6 Å². The van der Waals surface area contributed by atoms with Crippen molar-refractivity contribution < 1.29 is 14.3 Å². The van der Waals surface area contributed by atoms with Crippen LogP contribution in [0.15, 0.2) is 47.9 Å². The first-order valence-electron chi connectivity index (χ1n) is 7.86. The summed E-state index contributed by atoms with van der Waals surface area (Å²) in [7, 11) is 0. The largest absolute Gasteiger partial charge is 0.452 e. The number of thiophene rings is 1. The Labute approximate surface area is 146 Å². The first-order chi connectivity index (χ1) is 11.6. The zero-order chi connectivity index (χ0) is 17.4. The van der Waals surface area contributed by atoms with Crippen molar-refractivity contribution >= 4 is 35.0 Å². The van der Waals surface area contributed by atoms with Crippen LogP contribution in [0.2, 0.25) is 0 Å². The van der Waals surface area contributed by atoms with Gasteiger partial charge in [-0.2, -0.15) is 0 Å². The van der Waals surface area contributed by atoms with E-state index in [1.165, 1.54) is 23.0 Å². The van der Waals surface area contributed by atoms with E-state index in [1.807, 2.05) is 41.8 Å². The van der Waals surface area contributed by atoms with Crippen LogP contribution in [0.25, 0.3) is 6.08 Å². The van der Waals surface area contributed by atoms with E-state index in [4.69, 9.17) is 4.74 Å². The van der Waals surface area contributed by atoms with Crippen LogP contribution in [-0.2, 0) is 14.3 Å². The number of ether oxygens (including phenoxy) is 1. The molecule has 126 valence electrons. The third kappa shape index (κ3) is 5.66. The number of amides is 1. The lowest BCUT2D eigenvalue weighted by atomic mass is 9.99. The number of benzene rings is 1. The van der Waals surface area contributed by atoms with E-state index >= 15 is 0 Å². The van der Waals surface area contributed by atoms with E-state index in [0.29, 0.717) is 11.6 Å². The summed E-state index contributed by atoms with van der Waals surface area (Å²) in [5.74, 6) is -0.402. The summed E-state index contributed by atoms with van der Waals surface area (Å²) in [6, 6.07) is 11.5. The van der Waals surface area contributed by atoms with Gasteiger partial charge in [-0.1, -0.05) is 32.0 Å². The zero-order valence-electron chi connectivity index (χ0n) is 13.8. The molecule has 0 unspecified atom stereocenters. The summed E-state index contributed by atoms with van der Waals surface area (Å²) in [6.45, 7) is 4.00. The fourth-order valence-electron chi connectivity index (χ4n) is 2.05. The molecule has 1 amide bonds. The molecule has 0 fully saturated rings. The molecule has 0 aliphatic heterocycles. The number of hydrogen-bond acceptors (Lipinski definition) is 4. The van der Waals surface area contributed by atoms with Crippen LogP contribution >= 0.6 is 11.3 Å². The molecule has 0 spiro atoms. The average molecular weight is 343 g/mol. The maximum atomic E-state index is 11.8. The molecule has 4 nitrogen and oxygen atoms in total. The molecule has 0 saturated carbocycles. The van der Waals surface area contributed by atoms with Crippen LogP contribution < -0.4 is 5.32 Å². The van der Waals surface area contributed by atoms with Crippen molar-refractivity contribution in [2.45, 2.75) is 26.2 Å².